The van der Waals surface area contributed by atoms with Crippen LogP contribution in [0.5, 0.6) is 23.0 Å². The maximum atomic E-state index is 5.77. The normalized spacial score (nSPS) is 19.2. The number of rotatable bonds is 5. The van der Waals surface area contributed by atoms with Crippen molar-refractivity contribution < 1.29 is 23.8 Å². The lowest BCUT2D eigenvalue weighted by Crippen LogP contribution is -2.13. The van der Waals surface area contributed by atoms with Gasteiger partial charge >= 0.3 is 0 Å². The molecule has 0 unspecified atom stereocenters. The molecule has 1 atom stereocenters. The molecule has 0 spiro atoms. The molecule has 2 aliphatic heterocycles. The molecular formula is C14H16ClNO5. The van der Waals surface area contributed by atoms with Crippen molar-refractivity contribution in [2.24, 2.45) is 5.16 Å². The predicted octanol–water partition coefficient (Wildman–Crippen LogP) is 2.36. The molecule has 0 N–H and O–H groups in total. The van der Waals surface area contributed by atoms with E-state index in [-0.39, 0.29) is 12.9 Å². The minimum Gasteiger partial charge on any atom is -0.492 e. The van der Waals surface area contributed by atoms with Crippen molar-refractivity contribution in [1.29, 1.82) is 0 Å². The van der Waals surface area contributed by atoms with Crippen LogP contribution in [0.15, 0.2) is 11.2 Å². The molecule has 6 nitrogen and oxygen atoms in total. The van der Waals surface area contributed by atoms with E-state index in [0.717, 1.165) is 11.3 Å². The minimum absolute atomic E-state index is 0.0577. The molecule has 1 aromatic carbocycles. The van der Waals surface area contributed by atoms with E-state index in [9.17, 15) is 0 Å². The second-order valence-electron chi connectivity index (χ2n) is 4.76. The molecule has 1 aromatic rings. The molecule has 0 amide bonds. The van der Waals surface area contributed by atoms with Crippen LogP contribution < -0.4 is 18.9 Å². The molecule has 3 rings (SSSR count). The Labute approximate surface area is 127 Å². The highest BCUT2D eigenvalue weighted by atomic mass is 35.5. The summed E-state index contributed by atoms with van der Waals surface area (Å²) in [6.07, 6.45) is 1.28. The number of hydrogen-bond acceptors (Lipinski definition) is 6. The summed E-state index contributed by atoms with van der Waals surface area (Å²) < 4.78 is 21.7. The van der Waals surface area contributed by atoms with Gasteiger partial charge in [0, 0.05) is 18.4 Å². The Balaban J connectivity index is 1.88. The van der Waals surface area contributed by atoms with E-state index >= 15 is 0 Å². The van der Waals surface area contributed by atoms with Crippen LogP contribution in [0.3, 0.4) is 0 Å². The summed E-state index contributed by atoms with van der Waals surface area (Å²) in [7, 11) is 3.17. The summed E-state index contributed by atoms with van der Waals surface area (Å²) in [5.74, 6) is 2.78. The molecule has 0 saturated carbocycles. The van der Waals surface area contributed by atoms with E-state index in [1.807, 2.05) is 6.07 Å². The second-order valence-corrected chi connectivity index (χ2v) is 5.03. The zero-order valence-electron chi connectivity index (χ0n) is 11.8. The third-order valence-corrected chi connectivity index (χ3v) is 3.76. The number of nitrogens with zero attached hydrogens (tertiary/aromatic N) is 1. The number of alkyl halides is 1. The van der Waals surface area contributed by atoms with Crippen LogP contribution in [0.2, 0.25) is 0 Å². The molecule has 21 heavy (non-hydrogen) atoms. The molecule has 0 bridgehead atoms. The third kappa shape index (κ3) is 2.55. The number of fused-ring (bicyclic) bond motifs is 1. The summed E-state index contributed by atoms with van der Waals surface area (Å²) in [6, 6.07) is 1.89. The van der Waals surface area contributed by atoms with Crippen LogP contribution in [0.25, 0.3) is 0 Å². The van der Waals surface area contributed by atoms with E-state index in [1.54, 1.807) is 14.2 Å². The van der Waals surface area contributed by atoms with Crippen LogP contribution in [0.4, 0.5) is 0 Å². The SMILES string of the molecule is COc1c(C[C@@H]2CC(CCl)=NO2)cc2c(c1OC)OCO2. The first-order chi connectivity index (χ1) is 10.3. The van der Waals surface area contributed by atoms with Crippen LogP contribution >= 0.6 is 11.6 Å². The predicted molar refractivity (Wildman–Crippen MR) is 77.0 cm³/mol. The molecule has 0 aliphatic carbocycles. The van der Waals surface area contributed by atoms with Crippen molar-refractivity contribution in [1.82, 2.24) is 0 Å². The van der Waals surface area contributed by atoms with Crippen molar-refractivity contribution in [3.63, 3.8) is 0 Å². The number of hydrogen-bond donors (Lipinski definition) is 0. The smallest absolute Gasteiger partial charge is 0.231 e. The van der Waals surface area contributed by atoms with E-state index in [4.69, 9.17) is 35.4 Å². The average Bonchev–Trinajstić information content (AvgIpc) is 3.14. The topological polar surface area (TPSA) is 58.5 Å². The maximum absolute atomic E-state index is 5.77. The molecule has 7 heteroatoms. The lowest BCUT2D eigenvalue weighted by atomic mass is 10.0. The fourth-order valence-corrected chi connectivity index (χ4v) is 2.68. The number of ether oxygens (including phenoxy) is 4. The molecule has 0 fully saturated rings. The highest BCUT2D eigenvalue weighted by Crippen LogP contribution is 2.49. The van der Waals surface area contributed by atoms with E-state index < -0.39 is 0 Å². The first-order valence-electron chi connectivity index (χ1n) is 6.57. The van der Waals surface area contributed by atoms with Crippen molar-refractivity contribution >= 4 is 17.3 Å². The van der Waals surface area contributed by atoms with Crippen LogP contribution in [-0.4, -0.2) is 38.7 Å². The molecule has 2 heterocycles. The van der Waals surface area contributed by atoms with Gasteiger partial charge in [-0.15, -0.1) is 11.6 Å². The summed E-state index contributed by atoms with van der Waals surface area (Å²) in [5.41, 5.74) is 1.78. The monoisotopic (exact) mass is 313 g/mol. The van der Waals surface area contributed by atoms with Crippen molar-refractivity contribution in [3.8, 4) is 23.0 Å². The summed E-state index contributed by atoms with van der Waals surface area (Å²) in [5, 5.41) is 3.96. The average molecular weight is 314 g/mol. The van der Waals surface area contributed by atoms with Crippen LogP contribution in [-0.2, 0) is 11.3 Å². The minimum atomic E-state index is -0.0577. The van der Waals surface area contributed by atoms with E-state index in [1.165, 1.54) is 0 Å². The fourth-order valence-electron chi connectivity index (χ4n) is 2.53. The van der Waals surface area contributed by atoms with E-state index in [0.29, 0.717) is 41.7 Å². The Bertz CT molecular complexity index is 575. The first kappa shape index (κ1) is 14.1. The van der Waals surface area contributed by atoms with Gasteiger partial charge in [0.15, 0.2) is 11.5 Å². The lowest BCUT2D eigenvalue weighted by molar-refractivity contribution is 0.0853. The summed E-state index contributed by atoms with van der Waals surface area (Å²) in [6.45, 7) is 0.178. The number of oxime groups is 1. The highest BCUT2D eigenvalue weighted by molar-refractivity contribution is 6.28. The van der Waals surface area contributed by atoms with Gasteiger partial charge in [0.2, 0.25) is 18.3 Å². The van der Waals surface area contributed by atoms with E-state index in [2.05, 4.69) is 5.16 Å². The van der Waals surface area contributed by atoms with Crippen molar-refractivity contribution in [2.45, 2.75) is 18.9 Å². The highest BCUT2D eigenvalue weighted by Gasteiger charge is 2.29. The second kappa shape index (κ2) is 5.89. The number of benzene rings is 1. The van der Waals surface area contributed by atoms with Gasteiger partial charge in [0.05, 0.1) is 25.8 Å². The quantitative estimate of drug-likeness (QED) is 0.781. The Morgan fingerprint density at radius 3 is 2.76 bits per heavy atom. The molecule has 2 aliphatic rings. The van der Waals surface area contributed by atoms with Crippen molar-refractivity contribution in [2.75, 3.05) is 26.9 Å². The third-order valence-electron chi connectivity index (χ3n) is 3.46. The number of halogens is 1. The summed E-state index contributed by atoms with van der Waals surface area (Å²) >= 11 is 5.77. The molecule has 114 valence electrons. The molecular weight excluding hydrogens is 298 g/mol. The van der Waals surface area contributed by atoms with Gasteiger partial charge in [0.1, 0.15) is 6.10 Å². The van der Waals surface area contributed by atoms with Crippen LogP contribution in [0.1, 0.15) is 12.0 Å². The standard InChI is InChI=1S/C14H16ClNO5/c1-17-12-8(3-10-5-9(6-15)16-21-10)4-11-13(14(12)18-2)20-7-19-11/h4,10H,3,5-7H2,1-2H3/t10-/m1/s1. The van der Waals surface area contributed by atoms with Crippen LogP contribution in [0, 0.1) is 0 Å². The molecule has 0 aromatic heterocycles. The van der Waals surface area contributed by atoms with Gasteiger partial charge in [0.25, 0.3) is 0 Å². The van der Waals surface area contributed by atoms with Gasteiger partial charge in [-0.3, -0.25) is 0 Å². The Kier molecular flexibility index (Phi) is 3.96. The molecule has 0 radical (unpaired) electrons. The van der Waals surface area contributed by atoms with Gasteiger partial charge in [-0.1, -0.05) is 5.16 Å². The zero-order chi connectivity index (χ0) is 14.8. The van der Waals surface area contributed by atoms with Gasteiger partial charge in [-0.05, 0) is 6.07 Å². The largest absolute Gasteiger partial charge is 0.492 e. The zero-order valence-corrected chi connectivity index (χ0v) is 12.6. The summed E-state index contributed by atoms with van der Waals surface area (Å²) in [4.78, 5) is 5.39. The number of methoxy groups -OCH3 is 2. The van der Waals surface area contributed by atoms with Gasteiger partial charge < -0.3 is 23.8 Å². The fraction of sp³-hybridized carbons (Fsp3) is 0.500. The van der Waals surface area contributed by atoms with Gasteiger partial charge in [-0.2, -0.15) is 0 Å². The maximum Gasteiger partial charge on any atom is 0.231 e. The van der Waals surface area contributed by atoms with Crippen molar-refractivity contribution in [3.05, 3.63) is 11.6 Å². The first-order valence-corrected chi connectivity index (χ1v) is 7.11. The van der Waals surface area contributed by atoms with Gasteiger partial charge in [-0.25, -0.2) is 0 Å². The molecule has 0 saturated heterocycles. The Morgan fingerprint density at radius 2 is 2.10 bits per heavy atom. The Hall–Kier alpha value is -1.82. The Morgan fingerprint density at radius 1 is 1.29 bits per heavy atom. The lowest BCUT2D eigenvalue weighted by Gasteiger charge is -2.16.